The molecule has 0 saturated heterocycles. The highest BCUT2D eigenvalue weighted by Gasteiger charge is 2.09. The zero-order chi connectivity index (χ0) is 12.3. The van der Waals surface area contributed by atoms with Crippen LogP contribution in [-0.4, -0.2) is 26.0 Å². The number of benzene rings is 1. The average molecular weight is 234 g/mol. The summed E-state index contributed by atoms with van der Waals surface area (Å²) in [6, 6.07) is 5.86. The van der Waals surface area contributed by atoms with E-state index in [1.165, 1.54) is 16.9 Å². The fraction of sp³-hybridized carbons (Fsp3) is 0.273. The first kappa shape index (κ1) is 11.4. The molecule has 0 atom stereocenters. The minimum atomic E-state index is -0.309. The van der Waals surface area contributed by atoms with Crippen LogP contribution >= 0.6 is 0 Å². The van der Waals surface area contributed by atoms with E-state index >= 15 is 0 Å². The molecule has 2 rings (SSSR count). The highest BCUT2D eigenvalue weighted by Crippen LogP contribution is 2.05. The van der Waals surface area contributed by atoms with Crippen LogP contribution in [-0.2, 0) is 24.7 Å². The second kappa shape index (κ2) is 4.82. The molecule has 0 aliphatic heterocycles. The molecular formula is C11H11FN4O. The van der Waals surface area contributed by atoms with Gasteiger partial charge in [0, 0.05) is 6.42 Å². The minimum absolute atomic E-state index is 0.0235. The lowest BCUT2D eigenvalue weighted by molar-refractivity contribution is -0.117. The second-order valence-corrected chi connectivity index (χ2v) is 3.71. The van der Waals surface area contributed by atoms with Gasteiger partial charge in [-0.05, 0) is 22.9 Å². The number of hydrogen-bond acceptors (Lipinski definition) is 4. The third kappa shape index (κ3) is 3.17. The summed E-state index contributed by atoms with van der Waals surface area (Å²) in [6.07, 6.45) is 0.393. The third-order valence-electron chi connectivity index (χ3n) is 2.22. The van der Waals surface area contributed by atoms with E-state index < -0.39 is 0 Å². The maximum Gasteiger partial charge on any atom is 0.182 e. The van der Waals surface area contributed by atoms with Gasteiger partial charge in [0.05, 0.1) is 13.5 Å². The van der Waals surface area contributed by atoms with Crippen molar-refractivity contribution in [3.63, 3.8) is 0 Å². The fourth-order valence-electron chi connectivity index (χ4n) is 1.46. The first-order valence-corrected chi connectivity index (χ1v) is 5.12. The van der Waals surface area contributed by atoms with Crippen molar-refractivity contribution in [3.8, 4) is 0 Å². The number of tetrazole rings is 1. The number of carbonyl (C=O) groups excluding carboxylic acids is 1. The Hall–Kier alpha value is -2.11. The van der Waals surface area contributed by atoms with Gasteiger partial charge in [0.1, 0.15) is 11.6 Å². The number of halogens is 1. The first-order valence-electron chi connectivity index (χ1n) is 5.12. The summed E-state index contributed by atoms with van der Waals surface area (Å²) < 4.78 is 12.7. The van der Waals surface area contributed by atoms with Crippen molar-refractivity contribution in [3.05, 3.63) is 41.5 Å². The Morgan fingerprint density at radius 3 is 2.59 bits per heavy atom. The molecule has 6 heteroatoms. The molecule has 0 bridgehead atoms. The molecule has 0 radical (unpaired) electrons. The molecular weight excluding hydrogens is 223 g/mol. The van der Waals surface area contributed by atoms with Crippen LogP contribution in [0.15, 0.2) is 24.3 Å². The van der Waals surface area contributed by atoms with E-state index in [9.17, 15) is 9.18 Å². The lowest BCUT2D eigenvalue weighted by atomic mass is 10.1. The van der Waals surface area contributed by atoms with E-state index in [4.69, 9.17) is 0 Å². The van der Waals surface area contributed by atoms with Crippen molar-refractivity contribution in [2.45, 2.75) is 12.8 Å². The van der Waals surface area contributed by atoms with Gasteiger partial charge in [-0.2, -0.15) is 4.80 Å². The number of carbonyl (C=O) groups is 1. The molecule has 0 spiro atoms. The Morgan fingerprint density at radius 1 is 1.29 bits per heavy atom. The van der Waals surface area contributed by atoms with Crippen molar-refractivity contribution in [1.82, 2.24) is 20.2 Å². The summed E-state index contributed by atoms with van der Waals surface area (Å²) in [5, 5.41) is 11.3. The van der Waals surface area contributed by atoms with E-state index in [1.807, 2.05) is 0 Å². The Bertz CT molecular complexity index is 521. The number of aryl methyl sites for hydroxylation is 1. The highest BCUT2D eigenvalue weighted by molar-refractivity contribution is 5.82. The van der Waals surface area contributed by atoms with Crippen LogP contribution in [0.4, 0.5) is 4.39 Å². The van der Waals surface area contributed by atoms with Gasteiger partial charge in [0.2, 0.25) is 0 Å². The topological polar surface area (TPSA) is 60.7 Å². The van der Waals surface area contributed by atoms with Crippen LogP contribution in [0, 0.1) is 5.82 Å². The molecule has 5 nitrogen and oxygen atoms in total. The lowest BCUT2D eigenvalue weighted by Crippen LogP contribution is -2.08. The minimum Gasteiger partial charge on any atom is -0.299 e. The molecule has 1 aromatic heterocycles. The van der Waals surface area contributed by atoms with Crippen LogP contribution in [0.25, 0.3) is 0 Å². The van der Waals surface area contributed by atoms with Gasteiger partial charge in [-0.3, -0.25) is 4.79 Å². The van der Waals surface area contributed by atoms with E-state index in [0.717, 1.165) is 5.56 Å². The molecule has 0 amide bonds. The predicted octanol–water partition coefficient (Wildman–Crippen LogP) is 0.703. The smallest absolute Gasteiger partial charge is 0.182 e. The fourth-order valence-corrected chi connectivity index (χ4v) is 1.46. The standard InChI is InChI=1S/C11H11FN4O/c1-16-14-11(13-15-16)7-10(17)6-8-2-4-9(12)5-3-8/h2-5H,6-7H2,1H3. The molecule has 0 saturated carbocycles. The maximum atomic E-state index is 12.7. The summed E-state index contributed by atoms with van der Waals surface area (Å²) in [6.45, 7) is 0. The zero-order valence-electron chi connectivity index (χ0n) is 9.30. The summed E-state index contributed by atoms with van der Waals surface area (Å²) in [7, 11) is 1.64. The second-order valence-electron chi connectivity index (χ2n) is 3.71. The van der Waals surface area contributed by atoms with Crippen LogP contribution < -0.4 is 0 Å². The Balaban J connectivity index is 1.95. The van der Waals surface area contributed by atoms with Crippen molar-refractivity contribution in [1.29, 1.82) is 0 Å². The number of ketones is 1. The first-order chi connectivity index (χ1) is 8.13. The molecule has 0 N–H and O–H groups in total. The molecule has 88 valence electrons. The van der Waals surface area contributed by atoms with Crippen LogP contribution in [0.5, 0.6) is 0 Å². The largest absolute Gasteiger partial charge is 0.299 e. The number of nitrogens with zero attached hydrogens (tertiary/aromatic N) is 4. The molecule has 1 heterocycles. The van der Waals surface area contributed by atoms with Crippen LogP contribution in [0.2, 0.25) is 0 Å². The Kier molecular flexibility index (Phi) is 3.22. The normalized spacial score (nSPS) is 10.5. The maximum absolute atomic E-state index is 12.7. The molecule has 2 aromatic rings. The molecule has 1 aromatic carbocycles. The van der Waals surface area contributed by atoms with Gasteiger partial charge in [-0.1, -0.05) is 12.1 Å². The van der Waals surface area contributed by atoms with Gasteiger partial charge >= 0.3 is 0 Å². The zero-order valence-corrected chi connectivity index (χ0v) is 9.30. The van der Waals surface area contributed by atoms with E-state index in [2.05, 4.69) is 15.4 Å². The SMILES string of the molecule is Cn1nnc(CC(=O)Cc2ccc(F)cc2)n1. The number of aromatic nitrogens is 4. The average Bonchev–Trinajstić information content (AvgIpc) is 2.67. The molecule has 17 heavy (non-hydrogen) atoms. The van der Waals surface area contributed by atoms with Crippen molar-refractivity contribution in [2.24, 2.45) is 7.05 Å². The van der Waals surface area contributed by atoms with E-state index in [0.29, 0.717) is 5.82 Å². The number of hydrogen-bond donors (Lipinski definition) is 0. The van der Waals surface area contributed by atoms with Crippen molar-refractivity contribution in [2.75, 3.05) is 0 Å². The lowest BCUT2D eigenvalue weighted by Gasteiger charge is -1.98. The summed E-state index contributed by atoms with van der Waals surface area (Å²) in [5.74, 6) is 0.0704. The quantitative estimate of drug-likeness (QED) is 0.781. The van der Waals surface area contributed by atoms with Crippen LogP contribution in [0.1, 0.15) is 11.4 Å². The van der Waals surface area contributed by atoms with Crippen molar-refractivity contribution < 1.29 is 9.18 Å². The Labute approximate surface area is 97.3 Å². The van der Waals surface area contributed by atoms with E-state index in [-0.39, 0.29) is 24.4 Å². The molecule has 0 aliphatic rings. The van der Waals surface area contributed by atoms with Gasteiger partial charge in [0.25, 0.3) is 0 Å². The van der Waals surface area contributed by atoms with Crippen LogP contribution in [0.3, 0.4) is 0 Å². The van der Waals surface area contributed by atoms with Gasteiger partial charge in [-0.25, -0.2) is 4.39 Å². The van der Waals surface area contributed by atoms with Gasteiger partial charge in [-0.15, -0.1) is 10.2 Å². The molecule has 0 aliphatic carbocycles. The number of rotatable bonds is 4. The van der Waals surface area contributed by atoms with Gasteiger partial charge < -0.3 is 0 Å². The number of Topliss-reactive ketones (excluding diaryl/α,β-unsaturated/α-hetero) is 1. The summed E-state index contributed by atoms with van der Waals surface area (Å²) in [4.78, 5) is 13.0. The highest BCUT2D eigenvalue weighted by atomic mass is 19.1. The summed E-state index contributed by atoms with van der Waals surface area (Å²) >= 11 is 0. The van der Waals surface area contributed by atoms with Gasteiger partial charge in [0.15, 0.2) is 5.82 Å². The van der Waals surface area contributed by atoms with Crippen molar-refractivity contribution >= 4 is 5.78 Å². The molecule has 0 unspecified atom stereocenters. The molecule has 0 fully saturated rings. The summed E-state index contributed by atoms with van der Waals surface area (Å²) in [5.41, 5.74) is 0.778. The Morgan fingerprint density at radius 2 is 2.00 bits per heavy atom. The third-order valence-corrected chi connectivity index (χ3v) is 2.22. The monoisotopic (exact) mass is 234 g/mol. The predicted molar refractivity (Wildman–Crippen MR) is 57.6 cm³/mol. The van der Waals surface area contributed by atoms with E-state index in [1.54, 1.807) is 19.2 Å².